The second-order valence-corrected chi connectivity index (χ2v) is 9.10. The van der Waals surface area contributed by atoms with Gasteiger partial charge in [-0.3, -0.25) is 4.79 Å². The Morgan fingerprint density at radius 1 is 1.35 bits per heavy atom. The molecule has 1 heterocycles. The van der Waals surface area contributed by atoms with Gasteiger partial charge in [-0.15, -0.1) is 16.8 Å². The largest absolute Gasteiger partial charge is 0.461 e. The average molecular weight is 378 g/mol. The Hall–Kier alpha value is -1.30. The summed E-state index contributed by atoms with van der Waals surface area (Å²) in [6.45, 7) is 11.2. The second kappa shape index (κ2) is 8.59. The molecule has 2 saturated carbocycles. The maximum absolute atomic E-state index is 12.5. The average Bonchev–Trinajstić information content (AvgIpc) is 3.35. The summed E-state index contributed by atoms with van der Waals surface area (Å²) in [7, 11) is 0. The molecule has 0 saturated heterocycles. The molecule has 3 unspecified atom stereocenters. The van der Waals surface area contributed by atoms with Gasteiger partial charge >= 0.3 is 5.97 Å². The number of nitrogens with zero attached hydrogens (tertiary/aromatic N) is 3. The van der Waals surface area contributed by atoms with Gasteiger partial charge in [0.1, 0.15) is 11.9 Å². The molecule has 0 radical (unpaired) electrons. The van der Waals surface area contributed by atoms with E-state index in [1.165, 1.54) is 31.0 Å². The fourth-order valence-electron chi connectivity index (χ4n) is 3.93. The van der Waals surface area contributed by atoms with Crippen molar-refractivity contribution in [3.63, 3.8) is 0 Å². The summed E-state index contributed by atoms with van der Waals surface area (Å²) in [4.78, 5) is 12.5. The minimum absolute atomic E-state index is 0.0555. The number of allylic oxidation sites excluding steroid dienone is 1. The van der Waals surface area contributed by atoms with Gasteiger partial charge in [-0.05, 0) is 43.4 Å². The maximum Gasteiger partial charge on any atom is 0.316 e. The number of carbonyl (C=O) groups excluding carboxylic acids is 1. The molecule has 2 aliphatic carbocycles. The van der Waals surface area contributed by atoms with Crippen molar-refractivity contribution in [2.24, 2.45) is 17.8 Å². The van der Waals surface area contributed by atoms with Gasteiger partial charge in [0.2, 0.25) is 0 Å². The Balaban J connectivity index is 1.57. The molecule has 0 aromatic carbocycles. The molecule has 3 rings (SSSR count). The molecule has 0 aliphatic heterocycles. The SMILES string of the molecule is C=CCn1c(SCC(=O)OC2CC(C)CCC2C(C)C)nnc1C1CC1. The van der Waals surface area contributed by atoms with Crippen LogP contribution in [0.2, 0.25) is 0 Å². The summed E-state index contributed by atoms with van der Waals surface area (Å²) >= 11 is 1.43. The normalized spacial score (nSPS) is 26.1. The van der Waals surface area contributed by atoms with E-state index in [9.17, 15) is 4.79 Å². The number of rotatable bonds is 8. The molecule has 0 spiro atoms. The first-order valence-electron chi connectivity index (χ1n) is 9.85. The van der Waals surface area contributed by atoms with Crippen LogP contribution in [-0.4, -0.2) is 32.6 Å². The molecule has 5 nitrogen and oxygen atoms in total. The van der Waals surface area contributed by atoms with Gasteiger partial charge in [0.25, 0.3) is 0 Å². The van der Waals surface area contributed by atoms with Gasteiger partial charge in [0.15, 0.2) is 5.16 Å². The highest BCUT2D eigenvalue weighted by molar-refractivity contribution is 7.99. The van der Waals surface area contributed by atoms with Crippen LogP contribution in [0.5, 0.6) is 0 Å². The quantitative estimate of drug-likeness (QED) is 0.381. The topological polar surface area (TPSA) is 57.0 Å². The molecular formula is C20H31N3O2S. The summed E-state index contributed by atoms with van der Waals surface area (Å²) in [6, 6.07) is 0. The lowest BCUT2D eigenvalue weighted by molar-refractivity contribution is -0.152. The number of aromatic nitrogens is 3. The van der Waals surface area contributed by atoms with Crippen molar-refractivity contribution in [1.29, 1.82) is 0 Å². The summed E-state index contributed by atoms with van der Waals surface area (Å²) in [6.07, 6.45) is 7.64. The molecule has 6 heteroatoms. The molecule has 0 amide bonds. The lowest BCUT2D eigenvalue weighted by Gasteiger charge is -2.36. The van der Waals surface area contributed by atoms with Gasteiger partial charge in [0.05, 0.1) is 5.75 Å². The number of hydrogen-bond donors (Lipinski definition) is 0. The number of thioether (sulfide) groups is 1. The van der Waals surface area contributed by atoms with Crippen LogP contribution in [0.4, 0.5) is 0 Å². The Labute approximate surface area is 161 Å². The van der Waals surface area contributed by atoms with Gasteiger partial charge in [-0.25, -0.2) is 0 Å². The van der Waals surface area contributed by atoms with Crippen LogP contribution in [0, 0.1) is 17.8 Å². The van der Waals surface area contributed by atoms with Crippen LogP contribution in [-0.2, 0) is 16.1 Å². The van der Waals surface area contributed by atoms with Crippen LogP contribution in [0.15, 0.2) is 17.8 Å². The number of carbonyl (C=O) groups is 1. The summed E-state index contributed by atoms with van der Waals surface area (Å²) in [5.41, 5.74) is 0. The molecule has 2 aliphatic rings. The number of esters is 1. The summed E-state index contributed by atoms with van der Waals surface area (Å²) in [5.74, 6) is 3.36. The van der Waals surface area contributed by atoms with Crippen molar-refractivity contribution < 1.29 is 9.53 Å². The Kier molecular flexibility index (Phi) is 6.43. The predicted molar refractivity (Wildman–Crippen MR) is 104 cm³/mol. The third-order valence-corrected chi connectivity index (χ3v) is 6.50. The highest BCUT2D eigenvalue weighted by atomic mass is 32.2. The van der Waals surface area contributed by atoms with Crippen molar-refractivity contribution in [2.45, 2.75) is 76.6 Å². The van der Waals surface area contributed by atoms with E-state index in [-0.39, 0.29) is 17.8 Å². The van der Waals surface area contributed by atoms with Gasteiger partial charge < -0.3 is 9.30 Å². The number of ether oxygens (including phenoxy) is 1. The zero-order chi connectivity index (χ0) is 18.7. The summed E-state index contributed by atoms with van der Waals surface area (Å²) in [5, 5.41) is 9.41. The zero-order valence-electron chi connectivity index (χ0n) is 16.2. The molecule has 2 fully saturated rings. The van der Waals surface area contributed by atoms with Crippen molar-refractivity contribution in [3.8, 4) is 0 Å². The molecule has 1 aromatic rings. The maximum atomic E-state index is 12.5. The minimum atomic E-state index is -0.138. The molecular weight excluding hydrogens is 346 g/mol. The fraction of sp³-hybridized carbons (Fsp3) is 0.750. The predicted octanol–water partition coefficient (Wildman–Crippen LogP) is 4.44. The smallest absolute Gasteiger partial charge is 0.316 e. The molecule has 0 N–H and O–H groups in total. The van der Waals surface area contributed by atoms with Gasteiger partial charge in [-0.1, -0.05) is 45.0 Å². The highest BCUT2D eigenvalue weighted by Crippen LogP contribution is 2.40. The standard InChI is InChI=1S/C20H31N3O2S/c1-5-10-23-19(15-7-8-15)21-22-20(23)26-12-18(24)25-17-11-14(4)6-9-16(17)13(2)3/h5,13-17H,1,6-12H2,2-4H3. The van der Waals surface area contributed by atoms with Crippen LogP contribution in [0.1, 0.15) is 64.6 Å². The second-order valence-electron chi connectivity index (χ2n) is 8.16. The first kappa shape index (κ1) is 19.5. The third-order valence-electron chi connectivity index (χ3n) is 5.56. The van der Waals surface area contributed by atoms with Crippen molar-refractivity contribution >= 4 is 17.7 Å². The Morgan fingerprint density at radius 3 is 2.77 bits per heavy atom. The molecule has 144 valence electrons. The first-order valence-corrected chi connectivity index (χ1v) is 10.8. The lowest BCUT2D eigenvalue weighted by atomic mass is 9.75. The number of hydrogen-bond acceptors (Lipinski definition) is 5. The molecule has 0 bridgehead atoms. The van der Waals surface area contributed by atoms with Crippen LogP contribution in [0.3, 0.4) is 0 Å². The lowest BCUT2D eigenvalue weighted by Crippen LogP contribution is -2.36. The molecule has 3 atom stereocenters. The van der Waals surface area contributed by atoms with Crippen LogP contribution in [0.25, 0.3) is 0 Å². The van der Waals surface area contributed by atoms with Crippen molar-refractivity contribution in [3.05, 3.63) is 18.5 Å². The third kappa shape index (κ3) is 4.70. The summed E-state index contributed by atoms with van der Waals surface area (Å²) < 4.78 is 7.97. The van der Waals surface area contributed by atoms with Crippen molar-refractivity contribution in [1.82, 2.24) is 14.8 Å². The zero-order valence-corrected chi connectivity index (χ0v) is 17.0. The van der Waals surface area contributed by atoms with E-state index in [4.69, 9.17) is 4.74 Å². The van der Waals surface area contributed by atoms with Gasteiger partial charge in [0, 0.05) is 12.5 Å². The first-order chi connectivity index (χ1) is 12.5. The Morgan fingerprint density at radius 2 is 2.12 bits per heavy atom. The Bertz CT molecular complexity index is 639. The molecule has 1 aromatic heterocycles. The van der Waals surface area contributed by atoms with E-state index in [0.717, 1.165) is 23.8 Å². The molecule has 26 heavy (non-hydrogen) atoms. The minimum Gasteiger partial charge on any atom is -0.461 e. The fourth-order valence-corrected chi connectivity index (χ4v) is 4.67. The van der Waals surface area contributed by atoms with E-state index in [1.54, 1.807) is 0 Å². The van der Waals surface area contributed by atoms with E-state index in [1.807, 2.05) is 6.08 Å². The highest BCUT2D eigenvalue weighted by Gasteiger charge is 2.34. The van der Waals surface area contributed by atoms with Crippen molar-refractivity contribution in [2.75, 3.05) is 5.75 Å². The van der Waals surface area contributed by atoms with E-state index >= 15 is 0 Å². The van der Waals surface area contributed by atoms with Crippen LogP contribution < -0.4 is 0 Å². The van der Waals surface area contributed by atoms with Gasteiger partial charge in [-0.2, -0.15) is 0 Å². The monoisotopic (exact) mass is 377 g/mol. The van der Waals surface area contributed by atoms with Crippen LogP contribution >= 0.6 is 11.8 Å². The van der Waals surface area contributed by atoms with E-state index in [0.29, 0.717) is 30.2 Å². The van der Waals surface area contributed by atoms with E-state index < -0.39 is 0 Å². The van der Waals surface area contributed by atoms with E-state index in [2.05, 4.69) is 42.1 Å².